The first kappa shape index (κ1) is 72.8. The van der Waals surface area contributed by atoms with Gasteiger partial charge in [-0.25, -0.2) is 4.89 Å². The largest absolute Gasteiger partial charge is 0.756 e. The van der Waals surface area contributed by atoms with Gasteiger partial charge in [-0.2, -0.15) is 0 Å². The number of likely N-dealkylation sites (N-methyl/N-ethyl adjacent to an activating group) is 2. The molecule has 0 saturated heterocycles. The summed E-state index contributed by atoms with van der Waals surface area (Å²) in [6, 6.07) is -1.55. The maximum absolute atomic E-state index is 12.8. The molecule has 7 unspecified atom stereocenters. The van der Waals surface area contributed by atoms with Crippen molar-refractivity contribution in [3.63, 3.8) is 0 Å². The summed E-state index contributed by atoms with van der Waals surface area (Å²) in [7, 11) is -21.2. The predicted molar refractivity (Wildman–Crippen MR) is 249 cm³/mol. The highest BCUT2D eigenvalue weighted by molar-refractivity contribution is 7.47. The van der Waals surface area contributed by atoms with Crippen molar-refractivity contribution in [1.82, 2.24) is 10.6 Å². The van der Waals surface area contributed by atoms with E-state index in [2.05, 4.69) is 92.7 Å². The standard InChI is InChI=1S/C31H63N2O26P5.4C2H4/c1-4-17-45-57-59-58-46-18-19-47-60(35,36)48-22-25(33-3)23-50-62(39,40)52-27-7-11-29(12-8-27)54-64(43,44)56-31-15-13-30(14-16-31)55-63(41,42)53-28-9-5-26(6-10-28)51-61(37,38)49-21-24(20-34)32-2;4*1-2/h4,17,24-34H,5-16,18-23H2,1-3H3,(H,35,36)(H,37,38)(H,39,40)(H,41,42)(H,43,44);4*1-2H2/p-5/b17-4+;;;;. The molecule has 28 nitrogen and oxygen atoms in total. The first-order valence-electron chi connectivity index (χ1n) is 22.2. The van der Waals surface area contributed by atoms with Gasteiger partial charge in [0.15, 0.2) is 0 Å². The fourth-order valence-corrected chi connectivity index (χ4v) is 11.4. The van der Waals surface area contributed by atoms with E-state index in [0.717, 1.165) is 6.26 Å². The summed E-state index contributed by atoms with van der Waals surface area (Å²) < 4.78 is 112. The van der Waals surface area contributed by atoms with E-state index in [9.17, 15) is 47.3 Å². The fraction of sp³-hybridized carbons (Fsp3) is 0.744. The second-order valence-corrected chi connectivity index (χ2v) is 21.3. The van der Waals surface area contributed by atoms with Gasteiger partial charge in [-0.1, -0.05) is 0 Å². The fourth-order valence-electron chi connectivity index (χ4n) is 6.30. The smallest absolute Gasteiger partial charge is 0.268 e. The van der Waals surface area contributed by atoms with Crippen LogP contribution in [0.15, 0.2) is 65.0 Å². The number of rotatable bonds is 33. The van der Waals surface area contributed by atoms with E-state index in [1.165, 1.54) is 20.2 Å². The summed E-state index contributed by atoms with van der Waals surface area (Å²) in [6.07, 6.45) is -0.641. The van der Waals surface area contributed by atoms with Crippen molar-refractivity contribution in [3.8, 4) is 0 Å². The topological polar surface area (TPSA) is 383 Å². The zero-order chi connectivity index (χ0) is 55.3. The molecule has 3 fully saturated rings. The van der Waals surface area contributed by atoms with Gasteiger partial charge in [0.25, 0.3) is 39.1 Å². The van der Waals surface area contributed by atoms with Crippen LogP contribution in [0.5, 0.6) is 0 Å². The lowest BCUT2D eigenvalue weighted by molar-refractivity contribution is -0.700. The monoisotopic (exact) mass is 1140 g/mol. The SMILES string of the molecule is C/C=C/OOOOOCCOP(=O)([O-])OCC(COP(=O)([O-])OC1CCC(OP(=O)([O-])OC2CCC(OP(=O)([O-])OC3CCC(OP(=O)([O-])OCC(CO)NC)CC3)CC2)CC1)NC.C=C.C=C.C=C.C=C. The Balaban J connectivity index is 0. The minimum atomic E-state index is -4.92. The van der Waals surface area contributed by atoms with Crippen molar-refractivity contribution >= 4 is 39.1 Å². The molecule has 3 rings (SSSR count). The van der Waals surface area contributed by atoms with E-state index in [1.807, 2.05) is 0 Å². The number of phosphoric acid groups is 5. The van der Waals surface area contributed by atoms with Crippen LogP contribution >= 0.6 is 39.1 Å². The van der Waals surface area contributed by atoms with Gasteiger partial charge in [-0.3, -0.25) is 22.8 Å². The molecule has 0 aromatic carbocycles. The summed E-state index contributed by atoms with van der Waals surface area (Å²) in [4.78, 5) is 70.8. The molecule has 0 aromatic heterocycles. The van der Waals surface area contributed by atoms with Crippen LogP contribution < -0.4 is 35.1 Å². The molecule has 0 aliphatic heterocycles. The number of aliphatic hydroxyl groups excluding tert-OH is 1. The molecule has 426 valence electrons. The van der Waals surface area contributed by atoms with Crippen molar-refractivity contribution < 1.29 is 123 Å². The number of allylic oxidation sites excluding steroid dienone is 1. The maximum Gasteiger partial charge on any atom is 0.268 e. The Hall–Kier alpha value is -1.23. The summed E-state index contributed by atoms with van der Waals surface area (Å²) >= 11 is 0. The highest BCUT2D eigenvalue weighted by Crippen LogP contribution is 2.51. The average Bonchev–Trinajstić information content (AvgIpc) is 3.35. The van der Waals surface area contributed by atoms with Gasteiger partial charge in [0.2, 0.25) is 0 Å². The first-order valence-corrected chi connectivity index (χ1v) is 29.6. The Labute approximate surface area is 422 Å². The van der Waals surface area contributed by atoms with Crippen molar-refractivity contribution in [2.24, 2.45) is 0 Å². The summed E-state index contributed by atoms with van der Waals surface area (Å²) in [5.41, 5.74) is 0. The Morgan fingerprint density at radius 2 is 0.778 bits per heavy atom. The Kier molecular flexibility index (Phi) is 41.4. The molecule has 72 heavy (non-hydrogen) atoms. The van der Waals surface area contributed by atoms with Gasteiger partial charge in [-0.15, -0.1) is 52.6 Å². The highest BCUT2D eigenvalue weighted by Gasteiger charge is 2.34. The third-order valence-electron chi connectivity index (χ3n) is 9.62. The van der Waals surface area contributed by atoms with E-state index in [0.29, 0.717) is 0 Å². The number of hydrogen-bond donors (Lipinski definition) is 3. The molecule has 0 heterocycles. The molecule has 0 amide bonds. The summed E-state index contributed by atoms with van der Waals surface area (Å²) in [6.45, 7) is 22.8. The minimum Gasteiger partial charge on any atom is -0.756 e. The average molecular weight is 1140 g/mol. The normalized spacial score (nSPS) is 26.1. The minimum absolute atomic E-state index is 0.0866. The molecular weight excluding hydrogens is 1070 g/mol. The second kappa shape index (κ2) is 40.9. The van der Waals surface area contributed by atoms with Crippen LogP contribution in [0.1, 0.15) is 84.0 Å². The molecule has 3 N–H and O–H groups in total. The van der Waals surface area contributed by atoms with Gasteiger partial charge in [0, 0.05) is 10.1 Å². The maximum atomic E-state index is 12.8. The van der Waals surface area contributed by atoms with Gasteiger partial charge in [0.05, 0.1) is 81.7 Å². The van der Waals surface area contributed by atoms with E-state index in [1.54, 1.807) is 6.92 Å². The Morgan fingerprint density at radius 3 is 1.08 bits per heavy atom. The highest BCUT2D eigenvalue weighted by atomic mass is 31.2. The number of aliphatic hydroxyl groups is 1. The first-order chi connectivity index (χ1) is 34.2. The molecule has 0 bridgehead atoms. The van der Waals surface area contributed by atoms with E-state index >= 15 is 0 Å². The molecule has 3 saturated carbocycles. The zero-order valence-electron chi connectivity index (χ0n) is 41.0. The molecule has 3 aliphatic rings. The second-order valence-electron chi connectivity index (χ2n) is 14.5. The Bertz CT molecular complexity index is 1660. The third kappa shape index (κ3) is 35.2. The zero-order valence-corrected chi connectivity index (χ0v) is 45.5. The van der Waals surface area contributed by atoms with Crippen LogP contribution in [0.2, 0.25) is 0 Å². The molecule has 3 aliphatic carbocycles. The molecule has 33 heteroatoms. The van der Waals surface area contributed by atoms with Crippen molar-refractivity contribution in [2.45, 2.75) is 133 Å². The van der Waals surface area contributed by atoms with Gasteiger partial charge < -0.3 is 90.3 Å². The lowest BCUT2D eigenvalue weighted by atomic mass is 9.95. The van der Waals surface area contributed by atoms with Crippen LogP contribution in [0, 0.1) is 0 Å². The van der Waals surface area contributed by atoms with E-state index < -0.39 is 114 Å². The van der Waals surface area contributed by atoms with Crippen molar-refractivity contribution in [3.05, 3.63) is 65.0 Å². The lowest BCUT2D eigenvalue weighted by Crippen LogP contribution is -2.36. The predicted octanol–water partition coefficient (Wildman–Crippen LogP) is 4.08. The molecule has 0 spiro atoms. The molecule has 0 aromatic rings. The van der Waals surface area contributed by atoms with E-state index in [-0.39, 0.29) is 90.3 Å². The van der Waals surface area contributed by atoms with Crippen LogP contribution in [-0.2, 0) is 93.0 Å². The molecular formula is C39H74N2O26P5-5. The van der Waals surface area contributed by atoms with Gasteiger partial charge in [0.1, 0.15) is 12.9 Å². The number of phosphoric ester groups is 5. The van der Waals surface area contributed by atoms with Crippen LogP contribution in [0.4, 0.5) is 0 Å². The third-order valence-corrected chi connectivity index (χ3v) is 14.9. The molecule has 7 atom stereocenters. The quantitative estimate of drug-likeness (QED) is 0.0208. The van der Waals surface area contributed by atoms with Crippen LogP contribution in [-0.4, -0.2) is 108 Å². The van der Waals surface area contributed by atoms with Crippen molar-refractivity contribution in [1.29, 1.82) is 0 Å². The van der Waals surface area contributed by atoms with Gasteiger partial charge in [-0.05, 0) is 109 Å². The number of nitrogens with one attached hydrogen (secondary N) is 2. The molecule has 0 radical (unpaired) electrons. The lowest BCUT2D eigenvalue weighted by Gasteiger charge is -2.39. The number of hydrogen-bond acceptors (Lipinski definition) is 28. The van der Waals surface area contributed by atoms with Crippen molar-refractivity contribution in [2.75, 3.05) is 53.7 Å². The van der Waals surface area contributed by atoms with E-state index in [4.69, 9.17) is 45.8 Å². The van der Waals surface area contributed by atoms with Crippen LogP contribution in [0.25, 0.3) is 0 Å². The van der Waals surface area contributed by atoms with Gasteiger partial charge >= 0.3 is 0 Å². The summed E-state index contributed by atoms with van der Waals surface area (Å²) in [5, 5.41) is 26.5. The summed E-state index contributed by atoms with van der Waals surface area (Å²) in [5.74, 6) is 0. The Morgan fingerprint density at radius 1 is 0.472 bits per heavy atom. The van der Waals surface area contributed by atoms with Crippen LogP contribution in [0.3, 0.4) is 0 Å².